The molecule has 1 N–H and O–H groups in total. The minimum Gasteiger partial charge on any atom is -0.465 e. The highest BCUT2D eigenvalue weighted by Crippen LogP contribution is 2.24. The summed E-state index contributed by atoms with van der Waals surface area (Å²) < 4.78 is 12.1. The molecular formula is C26H24ClN5O4. The average Bonchev–Trinajstić information content (AvgIpc) is 2.88. The highest BCUT2D eigenvalue weighted by Gasteiger charge is 2.12. The maximum atomic E-state index is 13.2. The molecule has 2 aromatic heterocycles. The van der Waals surface area contributed by atoms with E-state index in [1.54, 1.807) is 47.0 Å². The normalized spacial score (nSPS) is 11.5. The van der Waals surface area contributed by atoms with Crippen LogP contribution in [0.5, 0.6) is 11.5 Å². The number of esters is 1. The molecule has 0 aliphatic rings. The van der Waals surface area contributed by atoms with Gasteiger partial charge in [0.25, 0.3) is 5.56 Å². The molecule has 4 aromatic rings. The molecule has 0 radical (unpaired) electrons. The molecule has 2 heterocycles. The number of aromatic amines is 1. The van der Waals surface area contributed by atoms with Gasteiger partial charge in [0, 0.05) is 17.1 Å². The fraction of sp³-hybridized carbons (Fsp3) is 0.192. The lowest BCUT2D eigenvalue weighted by Crippen LogP contribution is -2.39. The molecule has 36 heavy (non-hydrogen) atoms. The monoisotopic (exact) mass is 505 g/mol. The van der Waals surface area contributed by atoms with Gasteiger partial charge in [-0.3, -0.25) is 14.3 Å². The van der Waals surface area contributed by atoms with Crippen molar-refractivity contribution in [3.05, 3.63) is 105 Å². The van der Waals surface area contributed by atoms with Crippen molar-refractivity contribution in [1.29, 1.82) is 0 Å². The number of halogens is 1. The summed E-state index contributed by atoms with van der Waals surface area (Å²) in [6.07, 6.45) is 2.90. The van der Waals surface area contributed by atoms with E-state index < -0.39 is 5.97 Å². The number of hydrogen-bond donors (Lipinski definition) is 1. The molecule has 4 rings (SSSR count). The molecular weight excluding hydrogens is 482 g/mol. The van der Waals surface area contributed by atoms with E-state index in [9.17, 15) is 9.59 Å². The third kappa shape index (κ3) is 5.87. The van der Waals surface area contributed by atoms with Crippen LogP contribution in [0.15, 0.2) is 76.8 Å². The van der Waals surface area contributed by atoms with Crippen molar-refractivity contribution in [3.8, 4) is 11.5 Å². The fourth-order valence-corrected chi connectivity index (χ4v) is 3.51. The molecule has 0 saturated heterocycles. The van der Waals surface area contributed by atoms with Crippen molar-refractivity contribution in [2.24, 2.45) is 4.99 Å². The van der Waals surface area contributed by atoms with Crippen molar-refractivity contribution in [2.45, 2.75) is 26.3 Å². The zero-order valence-corrected chi connectivity index (χ0v) is 20.7. The Labute approximate surface area is 212 Å². The first kappa shape index (κ1) is 24.9. The molecule has 0 spiro atoms. The molecule has 0 bridgehead atoms. The van der Waals surface area contributed by atoms with E-state index in [1.807, 2.05) is 26.0 Å². The maximum Gasteiger partial charge on any atom is 0.339 e. The van der Waals surface area contributed by atoms with Gasteiger partial charge in [-0.2, -0.15) is 5.10 Å². The van der Waals surface area contributed by atoms with Crippen molar-refractivity contribution in [1.82, 2.24) is 19.7 Å². The summed E-state index contributed by atoms with van der Waals surface area (Å²) in [7, 11) is 1.30. The van der Waals surface area contributed by atoms with Crippen LogP contribution in [0.3, 0.4) is 0 Å². The van der Waals surface area contributed by atoms with Crippen LogP contribution in [-0.2, 0) is 11.3 Å². The lowest BCUT2D eigenvalue weighted by Gasteiger charge is -2.11. The second-order valence-electron chi connectivity index (χ2n) is 8.21. The predicted octanol–water partition coefficient (Wildman–Crippen LogP) is 4.60. The van der Waals surface area contributed by atoms with Crippen LogP contribution in [0.4, 0.5) is 5.69 Å². The minimum absolute atomic E-state index is 0.0529. The Balaban J connectivity index is 1.64. The molecule has 0 fully saturated rings. The summed E-state index contributed by atoms with van der Waals surface area (Å²) in [6.45, 7) is 4.13. The van der Waals surface area contributed by atoms with Gasteiger partial charge in [-0.15, -0.1) is 0 Å². The molecule has 10 heteroatoms. The Kier molecular flexibility index (Phi) is 7.60. The average molecular weight is 506 g/mol. The van der Waals surface area contributed by atoms with Gasteiger partial charge in [0.05, 0.1) is 31.1 Å². The number of benzene rings is 2. The topological polar surface area (TPSA) is 111 Å². The van der Waals surface area contributed by atoms with E-state index in [-0.39, 0.29) is 17.0 Å². The molecule has 9 nitrogen and oxygen atoms in total. The zero-order valence-electron chi connectivity index (χ0n) is 19.9. The first-order chi connectivity index (χ1) is 17.3. The molecule has 0 amide bonds. The Morgan fingerprint density at radius 3 is 2.47 bits per heavy atom. The van der Waals surface area contributed by atoms with Crippen LogP contribution in [0.2, 0.25) is 5.02 Å². The van der Waals surface area contributed by atoms with Gasteiger partial charge in [0.1, 0.15) is 17.2 Å². The Morgan fingerprint density at radius 2 is 1.81 bits per heavy atom. The highest BCUT2D eigenvalue weighted by atomic mass is 35.5. The number of rotatable bonds is 7. The number of pyridine rings is 1. The second-order valence-corrected chi connectivity index (χ2v) is 8.65. The molecule has 2 aromatic carbocycles. The van der Waals surface area contributed by atoms with Gasteiger partial charge >= 0.3 is 5.97 Å². The van der Waals surface area contributed by atoms with E-state index in [0.29, 0.717) is 40.1 Å². The van der Waals surface area contributed by atoms with E-state index >= 15 is 0 Å². The largest absolute Gasteiger partial charge is 0.465 e. The number of aromatic nitrogens is 4. The molecule has 0 unspecified atom stereocenters. The smallest absolute Gasteiger partial charge is 0.339 e. The summed E-state index contributed by atoms with van der Waals surface area (Å²) in [6, 6.07) is 15.8. The quantitative estimate of drug-likeness (QED) is 0.367. The molecule has 0 atom stereocenters. The second kappa shape index (κ2) is 11.0. The number of nitrogens with zero attached hydrogens (tertiary/aromatic N) is 4. The zero-order chi connectivity index (χ0) is 25.7. The number of ether oxygens (including phenoxy) is 2. The molecule has 184 valence electrons. The number of carbonyl (C=O) groups is 1. The summed E-state index contributed by atoms with van der Waals surface area (Å²) in [5.41, 5.74) is 2.29. The van der Waals surface area contributed by atoms with E-state index in [1.165, 1.54) is 19.5 Å². The van der Waals surface area contributed by atoms with Crippen LogP contribution < -0.4 is 15.9 Å². The number of hydrogen-bond acceptors (Lipinski definition) is 7. The summed E-state index contributed by atoms with van der Waals surface area (Å²) in [5.74, 6) is 0.359. The summed E-state index contributed by atoms with van der Waals surface area (Å²) in [4.78, 5) is 33.5. The number of carbonyl (C=O) groups excluding carboxylic acids is 1. The van der Waals surface area contributed by atoms with Gasteiger partial charge in [-0.05, 0) is 48.0 Å². The van der Waals surface area contributed by atoms with E-state index in [0.717, 1.165) is 5.56 Å². The minimum atomic E-state index is -0.500. The van der Waals surface area contributed by atoms with E-state index in [4.69, 9.17) is 21.1 Å². The number of nitrogens with one attached hydrogen (secondary N) is 1. The van der Waals surface area contributed by atoms with Gasteiger partial charge in [-0.1, -0.05) is 37.6 Å². The van der Waals surface area contributed by atoms with Gasteiger partial charge in [0.2, 0.25) is 5.62 Å². The highest BCUT2D eigenvalue weighted by molar-refractivity contribution is 6.30. The number of methoxy groups -OCH3 is 1. The van der Waals surface area contributed by atoms with Gasteiger partial charge in [-0.25, -0.2) is 14.9 Å². The van der Waals surface area contributed by atoms with Crippen molar-refractivity contribution in [2.75, 3.05) is 7.11 Å². The van der Waals surface area contributed by atoms with Crippen LogP contribution in [0.25, 0.3) is 0 Å². The molecule has 0 aliphatic heterocycles. The summed E-state index contributed by atoms with van der Waals surface area (Å²) >= 11 is 6.01. The maximum absolute atomic E-state index is 13.2. The predicted molar refractivity (Wildman–Crippen MR) is 135 cm³/mol. The van der Waals surface area contributed by atoms with Gasteiger partial charge < -0.3 is 9.47 Å². The van der Waals surface area contributed by atoms with Crippen LogP contribution in [-0.4, -0.2) is 32.8 Å². The Hall–Kier alpha value is -4.24. The number of H-pyrrole nitrogens is 1. The van der Waals surface area contributed by atoms with Gasteiger partial charge in [0.15, 0.2) is 0 Å². The first-order valence-corrected chi connectivity index (χ1v) is 11.5. The van der Waals surface area contributed by atoms with Crippen LogP contribution in [0.1, 0.15) is 41.4 Å². The van der Waals surface area contributed by atoms with E-state index in [2.05, 4.69) is 20.2 Å². The fourth-order valence-electron chi connectivity index (χ4n) is 3.38. The Bertz CT molecular complexity index is 1490. The van der Waals surface area contributed by atoms with Crippen LogP contribution in [0, 0.1) is 0 Å². The van der Waals surface area contributed by atoms with Crippen molar-refractivity contribution < 1.29 is 14.3 Å². The first-order valence-electron chi connectivity index (χ1n) is 11.1. The van der Waals surface area contributed by atoms with Crippen LogP contribution >= 0.6 is 11.6 Å². The standard InChI is InChI=1S/C26H24ClN5O4/c1-16(2)23-24(33)32(15-17-4-6-19(27)7-5-17)26(31-30-23)29-20-8-10-21(11-9-20)36-22-12-18(13-28-14-22)25(34)35-3/h4-14,16H,15H2,1-3H3,(H,29,31). The molecule has 0 aliphatic carbocycles. The lowest BCUT2D eigenvalue weighted by atomic mass is 10.1. The summed E-state index contributed by atoms with van der Waals surface area (Å²) in [5, 5.41) is 7.79. The Morgan fingerprint density at radius 1 is 1.08 bits per heavy atom. The third-order valence-corrected chi connectivity index (χ3v) is 5.49. The van der Waals surface area contributed by atoms with Crippen molar-refractivity contribution in [3.63, 3.8) is 0 Å². The third-order valence-electron chi connectivity index (χ3n) is 5.24. The lowest BCUT2D eigenvalue weighted by molar-refractivity contribution is 0.0600. The van der Waals surface area contributed by atoms with Crippen molar-refractivity contribution >= 4 is 23.3 Å². The SMILES string of the molecule is COC(=O)c1cncc(Oc2ccc(/N=c3\[nH]nc(C(C)C)c(=O)n3Cc3ccc(Cl)cc3)cc2)c1. The molecule has 0 saturated carbocycles.